The van der Waals surface area contributed by atoms with E-state index in [4.69, 9.17) is 11.6 Å². The molecule has 0 radical (unpaired) electrons. The number of thiazole rings is 1. The minimum atomic E-state index is 0.113. The van der Waals surface area contributed by atoms with Crippen LogP contribution in [-0.2, 0) is 0 Å². The molecule has 0 fully saturated rings. The monoisotopic (exact) mass is 297 g/mol. The molecule has 0 spiro atoms. The minimum absolute atomic E-state index is 0.113. The smallest absolute Gasteiger partial charge is 0.224 e. The second-order valence-electron chi connectivity index (χ2n) is 3.90. The summed E-state index contributed by atoms with van der Waals surface area (Å²) in [4.78, 5) is 12.8. The van der Waals surface area contributed by atoms with Crippen molar-refractivity contribution in [3.63, 3.8) is 0 Å². The van der Waals surface area contributed by atoms with Crippen molar-refractivity contribution in [2.24, 2.45) is 0 Å². The molecule has 2 N–H and O–H groups in total. The first-order valence-electron chi connectivity index (χ1n) is 6.17. The zero-order valence-electron chi connectivity index (χ0n) is 10.9. The van der Waals surface area contributed by atoms with Crippen molar-refractivity contribution in [1.82, 2.24) is 15.0 Å². The molecule has 1 atom stereocenters. The van der Waals surface area contributed by atoms with E-state index in [1.54, 1.807) is 23.7 Å². The van der Waals surface area contributed by atoms with Crippen molar-refractivity contribution < 1.29 is 0 Å². The quantitative estimate of drug-likeness (QED) is 0.853. The largest absolute Gasteiger partial charge is 0.359 e. The van der Waals surface area contributed by atoms with Gasteiger partial charge in [-0.25, -0.2) is 9.97 Å². The predicted octanol–water partition coefficient (Wildman–Crippen LogP) is 3.58. The van der Waals surface area contributed by atoms with Crippen molar-refractivity contribution in [1.29, 1.82) is 0 Å². The highest BCUT2D eigenvalue weighted by Gasteiger charge is 2.14. The maximum absolute atomic E-state index is 6.13. The second-order valence-corrected chi connectivity index (χ2v) is 5.23. The topological polar surface area (TPSA) is 62.7 Å². The minimum Gasteiger partial charge on any atom is -0.359 e. The third-order valence-electron chi connectivity index (χ3n) is 2.55. The van der Waals surface area contributed by atoms with Crippen LogP contribution in [0.25, 0.3) is 0 Å². The Kier molecular flexibility index (Phi) is 4.93. The Labute approximate surface area is 121 Å². The van der Waals surface area contributed by atoms with Gasteiger partial charge in [0.25, 0.3) is 0 Å². The van der Waals surface area contributed by atoms with Crippen LogP contribution < -0.4 is 10.6 Å². The van der Waals surface area contributed by atoms with Crippen molar-refractivity contribution >= 4 is 34.7 Å². The summed E-state index contributed by atoms with van der Waals surface area (Å²) < 4.78 is 0. The van der Waals surface area contributed by atoms with Crippen molar-refractivity contribution in [2.45, 2.75) is 26.3 Å². The van der Waals surface area contributed by atoms with Gasteiger partial charge in [0.05, 0.1) is 12.2 Å². The molecule has 0 aliphatic heterocycles. The first-order valence-corrected chi connectivity index (χ1v) is 7.42. The van der Waals surface area contributed by atoms with Crippen LogP contribution in [0.5, 0.6) is 0 Å². The first kappa shape index (κ1) is 14.0. The molecule has 7 heteroatoms. The van der Waals surface area contributed by atoms with Gasteiger partial charge in [0.2, 0.25) is 5.95 Å². The third-order valence-corrected chi connectivity index (χ3v) is 3.71. The Morgan fingerprint density at radius 3 is 2.84 bits per heavy atom. The molecule has 2 rings (SSSR count). The normalized spacial score (nSPS) is 12.2. The predicted molar refractivity (Wildman–Crippen MR) is 80.0 cm³/mol. The third kappa shape index (κ3) is 3.54. The van der Waals surface area contributed by atoms with Crippen LogP contribution in [0, 0.1) is 0 Å². The van der Waals surface area contributed by atoms with E-state index in [0.29, 0.717) is 16.8 Å². The molecule has 0 aliphatic rings. The number of hydrogen-bond donors (Lipinski definition) is 2. The lowest BCUT2D eigenvalue weighted by Crippen LogP contribution is -2.12. The Bertz CT molecular complexity index is 517. The Morgan fingerprint density at radius 2 is 2.21 bits per heavy atom. The Morgan fingerprint density at radius 1 is 1.37 bits per heavy atom. The number of halogens is 1. The molecule has 2 aromatic heterocycles. The van der Waals surface area contributed by atoms with Gasteiger partial charge >= 0.3 is 0 Å². The van der Waals surface area contributed by atoms with Gasteiger partial charge in [-0.1, -0.05) is 18.5 Å². The molecule has 0 aliphatic carbocycles. The molecular weight excluding hydrogens is 282 g/mol. The molecule has 102 valence electrons. The average Bonchev–Trinajstić information content (AvgIpc) is 2.93. The molecule has 2 aromatic rings. The molecule has 1 unspecified atom stereocenters. The molecule has 0 saturated carbocycles. The molecule has 0 bridgehead atoms. The SMILES string of the molecule is CCNc1ncc(Cl)c(NC(CC)c2nccs2)n1. The summed E-state index contributed by atoms with van der Waals surface area (Å²) in [6.07, 6.45) is 4.31. The van der Waals surface area contributed by atoms with E-state index < -0.39 is 0 Å². The summed E-state index contributed by atoms with van der Waals surface area (Å²) in [6.45, 7) is 4.86. The van der Waals surface area contributed by atoms with Gasteiger partial charge in [0.1, 0.15) is 10.0 Å². The molecule has 5 nitrogen and oxygen atoms in total. The summed E-state index contributed by atoms with van der Waals surface area (Å²) in [5.74, 6) is 1.21. The van der Waals surface area contributed by atoms with Crippen LogP contribution >= 0.6 is 22.9 Å². The van der Waals surface area contributed by atoms with Crippen LogP contribution in [0.15, 0.2) is 17.8 Å². The molecule has 19 heavy (non-hydrogen) atoms. The van der Waals surface area contributed by atoms with E-state index in [0.717, 1.165) is 18.0 Å². The molecule has 0 amide bonds. The van der Waals surface area contributed by atoms with Gasteiger partial charge in [-0.05, 0) is 13.3 Å². The molecule has 2 heterocycles. The zero-order chi connectivity index (χ0) is 13.7. The van der Waals surface area contributed by atoms with E-state index in [-0.39, 0.29) is 6.04 Å². The molecular formula is C12H16ClN5S. The Balaban J connectivity index is 2.19. The van der Waals surface area contributed by atoms with Crippen LogP contribution in [0.3, 0.4) is 0 Å². The first-order chi connectivity index (χ1) is 9.24. The van der Waals surface area contributed by atoms with Crippen molar-refractivity contribution in [2.75, 3.05) is 17.2 Å². The molecule has 0 aromatic carbocycles. The fourth-order valence-corrected chi connectivity index (χ4v) is 2.54. The summed E-state index contributed by atoms with van der Waals surface area (Å²) in [6, 6.07) is 0.113. The summed E-state index contributed by atoms with van der Waals surface area (Å²) in [7, 11) is 0. The highest BCUT2D eigenvalue weighted by Crippen LogP contribution is 2.27. The van der Waals surface area contributed by atoms with Gasteiger partial charge in [-0.3, -0.25) is 0 Å². The number of hydrogen-bond acceptors (Lipinski definition) is 6. The maximum Gasteiger partial charge on any atom is 0.224 e. The van der Waals surface area contributed by atoms with Gasteiger partial charge < -0.3 is 10.6 Å². The number of rotatable bonds is 6. The lowest BCUT2D eigenvalue weighted by Gasteiger charge is -2.16. The summed E-state index contributed by atoms with van der Waals surface area (Å²) in [5.41, 5.74) is 0. The number of nitrogens with one attached hydrogen (secondary N) is 2. The maximum atomic E-state index is 6.13. The lowest BCUT2D eigenvalue weighted by atomic mass is 10.2. The summed E-state index contributed by atoms with van der Waals surface area (Å²) >= 11 is 7.75. The van der Waals surface area contributed by atoms with Crippen LogP contribution in [0.1, 0.15) is 31.3 Å². The molecule has 0 saturated heterocycles. The van der Waals surface area contributed by atoms with Crippen molar-refractivity contribution in [3.05, 3.63) is 27.8 Å². The van der Waals surface area contributed by atoms with Crippen molar-refractivity contribution in [3.8, 4) is 0 Å². The summed E-state index contributed by atoms with van der Waals surface area (Å²) in [5, 5.41) is 9.89. The van der Waals surface area contributed by atoms with Crippen LogP contribution in [0.2, 0.25) is 5.02 Å². The standard InChI is InChI=1S/C12H16ClN5S/c1-3-9(11-15-5-6-19-11)17-10-8(13)7-16-12(18-10)14-4-2/h5-7,9H,3-4H2,1-2H3,(H2,14,16,17,18). The fraction of sp³-hybridized carbons (Fsp3) is 0.417. The zero-order valence-corrected chi connectivity index (χ0v) is 12.4. The van der Waals surface area contributed by atoms with E-state index in [2.05, 4.69) is 32.5 Å². The second kappa shape index (κ2) is 6.68. The van der Waals surface area contributed by atoms with Gasteiger partial charge in [0, 0.05) is 18.1 Å². The van der Waals surface area contributed by atoms with Gasteiger partial charge in [0.15, 0.2) is 5.82 Å². The van der Waals surface area contributed by atoms with Gasteiger partial charge in [-0.2, -0.15) is 4.98 Å². The number of aromatic nitrogens is 3. The van der Waals surface area contributed by atoms with Crippen LogP contribution in [0.4, 0.5) is 11.8 Å². The van der Waals surface area contributed by atoms with E-state index >= 15 is 0 Å². The number of nitrogens with zero attached hydrogens (tertiary/aromatic N) is 3. The van der Waals surface area contributed by atoms with E-state index in [1.165, 1.54) is 0 Å². The highest BCUT2D eigenvalue weighted by atomic mass is 35.5. The van der Waals surface area contributed by atoms with E-state index in [9.17, 15) is 0 Å². The van der Waals surface area contributed by atoms with Crippen LogP contribution in [-0.4, -0.2) is 21.5 Å². The van der Waals surface area contributed by atoms with E-state index in [1.807, 2.05) is 12.3 Å². The van der Waals surface area contributed by atoms with Gasteiger partial charge in [-0.15, -0.1) is 11.3 Å². The average molecular weight is 298 g/mol. The fourth-order valence-electron chi connectivity index (χ4n) is 1.62. The lowest BCUT2D eigenvalue weighted by molar-refractivity contribution is 0.737. The highest BCUT2D eigenvalue weighted by molar-refractivity contribution is 7.09. The number of anilines is 2. The Hall–Kier alpha value is -1.40.